The molecular weight excluding hydrogens is 512 g/mol. The summed E-state index contributed by atoms with van der Waals surface area (Å²) < 4.78 is 54.2. The third-order valence-corrected chi connectivity index (χ3v) is 8.45. The molecule has 0 radical (unpaired) electrons. The number of benzene rings is 1. The molecule has 1 fully saturated rings. The van der Waals surface area contributed by atoms with Gasteiger partial charge in [-0.25, -0.2) is 32.2 Å². The highest BCUT2D eigenvalue weighted by molar-refractivity contribution is 7.91. The van der Waals surface area contributed by atoms with Crippen LogP contribution in [0.15, 0.2) is 49.1 Å². The monoisotopic (exact) mass is 535 g/mol. The van der Waals surface area contributed by atoms with Gasteiger partial charge in [0.25, 0.3) is 0 Å². The Morgan fingerprint density at radius 1 is 1.00 bits per heavy atom. The Labute approximate surface area is 217 Å². The molecule has 4 aromatic rings. The van der Waals surface area contributed by atoms with E-state index in [1.54, 1.807) is 18.5 Å². The quantitative estimate of drug-likeness (QED) is 0.402. The fourth-order valence-corrected chi connectivity index (χ4v) is 6.58. The normalized spacial score (nSPS) is 21.3. The molecule has 2 aliphatic rings. The number of nitrogens with one attached hydrogen (secondary N) is 1. The first kappa shape index (κ1) is 24.4. The standard InChI is InChI=1S/C26H23F2N7O2S/c1-25(2)16-7-8-26(25,23-15(16)9-19(33-34-23)22-17(27)5-4-6-18(22)28)21-13-29-12-20(32-21)14-10-30-24(31-11-14)35-38(3,36)37/h4-6,9-13,16H,7-8H2,1-3H3,(H,30,31,35)/t16-,26-/m0/s1. The fourth-order valence-electron chi connectivity index (χ4n) is 6.15. The third kappa shape index (κ3) is 3.57. The Hall–Kier alpha value is -3.93. The second kappa shape index (κ2) is 8.29. The van der Waals surface area contributed by atoms with Crippen molar-refractivity contribution in [3.05, 3.63) is 77.6 Å². The molecule has 0 saturated heterocycles. The highest BCUT2D eigenvalue weighted by atomic mass is 32.2. The number of rotatable bonds is 5. The zero-order chi connectivity index (χ0) is 26.9. The smallest absolute Gasteiger partial charge is 0.236 e. The van der Waals surface area contributed by atoms with E-state index in [1.807, 2.05) is 0 Å². The van der Waals surface area contributed by atoms with Gasteiger partial charge in [-0.1, -0.05) is 19.9 Å². The molecule has 2 bridgehead atoms. The van der Waals surface area contributed by atoms with Gasteiger partial charge in [0.05, 0.1) is 46.2 Å². The Morgan fingerprint density at radius 2 is 1.71 bits per heavy atom. The van der Waals surface area contributed by atoms with Gasteiger partial charge in [0, 0.05) is 24.2 Å². The maximum Gasteiger partial charge on any atom is 0.236 e. The van der Waals surface area contributed by atoms with Crippen molar-refractivity contribution in [1.82, 2.24) is 30.1 Å². The summed E-state index contributed by atoms with van der Waals surface area (Å²) in [5.74, 6) is -1.32. The molecule has 2 atom stereocenters. The summed E-state index contributed by atoms with van der Waals surface area (Å²) in [6.07, 6.45) is 8.91. The Bertz CT molecular complexity index is 1680. The molecule has 1 N–H and O–H groups in total. The zero-order valence-corrected chi connectivity index (χ0v) is 21.6. The summed E-state index contributed by atoms with van der Waals surface area (Å²) in [5, 5.41) is 8.81. The van der Waals surface area contributed by atoms with Crippen molar-refractivity contribution in [2.24, 2.45) is 5.41 Å². The molecule has 1 saturated carbocycles. The van der Waals surface area contributed by atoms with E-state index in [0.717, 1.165) is 30.4 Å². The number of fused-ring (bicyclic) bond motifs is 5. The van der Waals surface area contributed by atoms with Gasteiger partial charge in [-0.05, 0) is 47.9 Å². The van der Waals surface area contributed by atoms with E-state index < -0.39 is 27.1 Å². The topological polar surface area (TPSA) is 124 Å². The molecule has 6 rings (SSSR count). The molecule has 194 valence electrons. The van der Waals surface area contributed by atoms with Crippen molar-refractivity contribution in [3.63, 3.8) is 0 Å². The van der Waals surface area contributed by atoms with Crippen LogP contribution in [-0.2, 0) is 15.4 Å². The maximum absolute atomic E-state index is 14.5. The average Bonchev–Trinajstić information content (AvgIpc) is 3.24. The number of hydrogen-bond acceptors (Lipinski definition) is 8. The number of sulfonamides is 1. The van der Waals surface area contributed by atoms with Crippen molar-refractivity contribution in [2.75, 3.05) is 11.0 Å². The van der Waals surface area contributed by atoms with Crippen LogP contribution in [0.2, 0.25) is 0 Å². The predicted octanol–water partition coefficient (Wildman–Crippen LogP) is 4.24. The average molecular weight is 536 g/mol. The first-order chi connectivity index (χ1) is 18.0. The minimum atomic E-state index is -3.50. The van der Waals surface area contributed by atoms with Gasteiger partial charge >= 0.3 is 0 Å². The van der Waals surface area contributed by atoms with Crippen molar-refractivity contribution in [1.29, 1.82) is 0 Å². The summed E-state index contributed by atoms with van der Waals surface area (Å²) in [7, 11) is -3.50. The van der Waals surface area contributed by atoms with Gasteiger partial charge < -0.3 is 0 Å². The third-order valence-electron chi connectivity index (χ3n) is 7.90. The summed E-state index contributed by atoms with van der Waals surface area (Å²) in [4.78, 5) is 17.5. The van der Waals surface area contributed by atoms with Gasteiger partial charge in [0.1, 0.15) is 11.6 Å². The largest absolute Gasteiger partial charge is 0.261 e. The van der Waals surface area contributed by atoms with Gasteiger partial charge in [0.15, 0.2) is 0 Å². The zero-order valence-electron chi connectivity index (χ0n) is 20.8. The molecule has 9 nitrogen and oxygen atoms in total. The lowest BCUT2D eigenvalue weighted by atomic mass is 9.66. The first-order valence-electron chi connectivity index (χ1n) is 12.0. The second-order valence-electron chi connectivity index (χ2n) is 10.3. The highest BCUT2D eigenvalue weighted by Gasteiger charge is 2.65. The molecule has 0 spiro atoms. The number of aromatic nitrogens is 6. The van der Waals surface area contributed by atoms with E-state index in [4.69, 9.17) is 4.98 Å². The van der Waals surface area contributed by atoms with E-state index >= 15 is 0 Å². The van der Waals surface area contributed by atoms with Crippen LogP contribution in [0.1, 0.15) is 49.6 Å². The lowest BCUT2D eigenvalue weighted by Gasteiger charge is -2.37. The molecule has 1 aromatic carbocycles. The van der Waals surface area contributed by atoms with Crippen LogP contribution in [0, 0.1) is 17.0 Å². The highest BCUT2D eigenvalue weighted by Crippen LogP contribution is 2.69. The van der Waals surface area contributed by atoms with Crippen molar-refractivity contribution in [3.8, 4) is 22.5 Å². The van der Waals surface area contributed by atoms with Gasteiger partial charge in [-0.15, -0.1) is 5.10 Å². The Kier molecular flexibility index (Phi) is 5.32. The SMILES string of the molecule is CC1(C)[C@H]2CC[C@]1(c1cncc(-c3cnc(NS(C)(=O)=O)nc3)n1)c1nnc(-c3c(F)cccc3F)cc12. The Morgan fingerprint density at radius 3 is 2.39 bits per heavy atom. The van der Waals surface area contributed by atoms with Gasteiger partial charge in [0.2, 0.25) is 16.0 Å². The fraction of sp³-hybridized carbons (Fsp3) is 0.308. The second-order valence-corrected chi connectivity index (χ2v) is 12.1. The van der Waals surface area contributed by atoms with Crippen LogP contribution < -0.4 is 4.72 Å². The van der Waals surface area contributed by atoms with Crippen LogP contribution in [0.4, 0.5) is 14.7 Å². The van der Waals surface area contributed by atoms with Crippen LogP contribution in [0.25, 0.3) is 22.5 Å². The van der Waals surface area contributed by atoms with E-state index in [1.165, 1.54) is 30.6 Å². The predicted molar refractivity (Wildman–Crippen MR) is 135 cm³/mol. The Balaban J connectivity index is 1.43. The lowest BCUT2D eigenvalue weighted by molar-refractivity contribution is 0.242. The van der Waals surface area contributed by atoms with Crippen LogP contribution >= 0.6 is 0 Å². The summed E-state index contributed by atoms with van der Waals surface area (Å²) >= 11 is 0. The van der Waals surface area contributed by atoms with E-state index in [-0.39, 0.29) is 28.5 Å². The number of anilines is 1. The van der Waals surface area contributed by atoms with E-state index in [2.05, 4.69) is 43.7 Å². The molecule has 38 heavy (non-hydrogen) atoms. The summed E-state index contributed by atoms with van der Waals surface area (Å²) in [6.45, 7) is 4.30. The minimum Gasteiger partial charge on any atom is -0.261 e. The summed E-state index contributed by atoms with van der Waals surface area (Å²) in [5.41, 5.74) is 2.52. The van der Waals surface area contributed by atoms with Crippen LogP contribution in [0.5, 0.6) is 0 Å². The molecule has 3 heterocycles. The van der Waals surface area contributed by atoms with Crippen molar-refractivity contribution in [2.45, 2.75) is 38.0 Å². The number of hydrogen-bond donors (Lipinski definition) is 1. The molecule has 3 aromatic heterocycles. The van der Waals surface area contributed by atoms with E-state index in [9.17, 15) is 17.2 Å². The molecular formula is C26H23F2N7O2S. The molecule has 12 heteroatoms. The van der Waals surface area contributed by atoms with Crippen molar-refractivity contribution < 1.29 is 17.2 Å². The first-order valence-corrected chi connectivity index (χ1v) is 13.9. The minimum absolute atomic E-state index is 0.0409. The van der Waals surface area contributed by atoms with Crippen LogP contribution in [-0.4, -0.2) is 44.8 Å². The van der Waals surface area contributed by atoms with Gasteiger partial charge in [-0.2, -0.15) is 5.10 Å². The molecule has 0 amide bonds. The molecule has 0 aliphatic heterocycles. The molecule has 0 unspecified atom stereocenters. The summed E-state index contributed by atoms with van der Waals surface area (Å²) in [6, 6.07) is 5.50. The van der Waals surface area contributed by atoms with Crippen molar-refractivity contribution >= 4 is 16.0 Å². The van der Waals surface area contributed by atoms with Crippen LogP contribution in [0.3, 0.4) is 0 Å². The molecule has 2 aliphatic carbocycles. The van der Waals surface area contributed by atoms with Gasteiger partial charge in [-0.3, -0.25) is 9.71 Å². The number of nitrogens with zero attached hydrogens (tertiary/aromatic N) is 6. The maximum atomic E-state index is 14.5. The lowest BCUT2D eigenvalue weighted by Crippen LogP contribution is -2.38. The van der Waals surface area contributed by atoms with E-state index in [0.29, 0.717) is 17.0 Å². The number of halogens is 2.